The molecule has 1 heterocycles. The standard InChI is InChI=1S/C16H23ClN2O3S/c1-19(14-7-8-18-10-14)23(20,21)16-9-13(17)5-6-15(16)22-11-12-3-2-4-12/h5-6,9,12,14,18H,2-4,7-8,10-11H2,1H3. The quantitative estimate of drug-likeness (QED) is 0.848. The van der Waals surface area contributed by atoms with Gasteiger partial charge in [0.1, 0.15) is 10.6 Å². The van der Waals surface area contributed by atoms with Crippen molar-refractivity contribution in [2.45, 2.75) is 36.6 Å². The van der Waals surface area contributed by atoms with E-state index in [1.54, 1.807) is 19.2 Å². The Hall–Kier alpha value is -0.820. The maximum Gasteiger partial charge on any atom is 0.246 e. The number of hydrogen-bond donors (Lipinski definition) is 1. The minimum absolute atomic E-state index is 0.0292. The van der Waals surface area contributed by atoms with Crippen molar-refractivity contribution in [2.75, 3.05) is 26.7 Å². The zero-order valence-corrected chi connectivity index (χ0v) is 14.9. The molecule has 3 rings (SSSR count). The lowest BCUT2D eigenvalue weighted by Gasteiger charge is -2.27. The van der Waals surface area contributed by atoms with Gasteiger partial charge in [-0.15, -0.1) is 0 Å². The maximum atomic E-state index is 13.0. The first-order valence-corrected chi connectivity index (χ1v) is 9.91. The fourth-order valence-electron chi connectivity index (χ4n) is 2.97. The SMILES string of the molecule is CN(C1CCNC1)S(=O)(=O)c1cc(Cl)ccc1OCC1CCC1. The highest BCUT2D eigenvalue weighted by molar-refractivity contribution is 7.89. The number of benzene rings is 1. The lowest BCUT2D eigenvalue weighted by atomic mass is 9.86. The van der Waals surface area contributed by atoms with Gasteiger partial charge in [-0.1, -0.05) is 18.0 Å². The molecular formula is C16H23ClN2O3S. The molecule has 1 unspecified atom stereocenters. The van der Waals surface area contributed by atoms with Gasteiger partial charge in [0.25, 0.3) is 0 Å². The predicted octanol–water partition coefficient (Wildman–Crippen LogP) is 2.50. The summed E-state index contributed by atoms with van der Waals surface area (Å²) in [7, 11) is -2.00. The molecule has 1 atom stereocenters. The minimum atomic E-state index is -3.63. The molecule has 128 valence electrons. The average Bonchev–Trinajstić information content (AvgIpc) is 3.00. The summed E-state index contributed by atoms with van der Waals surface area (Å²) in [5.74, 6) is 0.942. The molecule has 1 N–H and O–H groups in total. The highest BCUT2D eigenvalue weighted by Crippen LogP contribution is 2.33. The highest BCUT2D eigenvalue weighted by atomic mass is 35.5. The Bertz CT molecular complexity index is 655. The summed E-state index contributed by atoms with van der Waals surface area (Å²) in [6.07, 6.45) is 4.36. The molecule has 0 bridgehead atoms. The van der Waals surface area contributed by atoms with Gasteiger partial charge in [-0.05, 0) is 49.9 Å². The number of halogens is 1. The summed E-state index contributed by atoms with van der Waals surface area (Å²) in [4.78, 5) is 0.165. The molecule has 1 aromatic carbocycles. The molecule has 0 amide bonds. The molecule has 0 spiro atoms. The molecule has 2 fully saturated rings. The fraction of sp³-hybridized carbons (Fsp3) is 0.625. The van der Waals surface area contributed by atoms with Crippen LogP contribution < -0.4 is 10.1 Å². The molecule has 1 aliphatic heterocycles. The summed E-state index contributed by atoms with van der Waals surface area (Å²) in [5.41, 5.74) is 0. The van der Waals surface area contributed by atoms with Crippen LogP contribution in [0.2, 0.25) is 5.02 Å². The van der Waals surface area contributed by atoms with Crippen LogP contribution >= 0.6 is 11.6 Å². The first-order chi connectivity index (χ1) is 11.0. The molecule has 2 aliphatic rings. The normalized spacial score (nSPS) is 22.3. The van der Waals surface area contributed by atoms with Crippen molar-refractivity contribution in [2.24, 2.45) is 5.92 Å². The average molecular weight is 359 g/mol. The van der Waals surface area contributed by atoms with E-state index >= 15 is 0 Å². The minimum Gasteiger partial charge on any atom is -0.492 e. The Kier molecular flexibility index (Phi) is 5.16. The lowest BCUT2D eigenvalue weighted by Crippen LogP contribution is -2.38. The van der Waals surface area contributed by atoms with Crippen LogP contribution in [0.1, 0.15) is 25.7 Å². The molecule has 23 heavy (non-hydrogen) atoms. The second kappa shape index (κ2) is 6.97. The maximum absolute atomic E-state index is 13.0. The van der Waals surface area contributed by atoms with E-state index in [1.807, 2.05) is 0 Å². The van der Waals surface area contributed by atoms with E-state index in [-0.39, 0.29) is 10.9 Å². The molecule has 1 saturated carbocycles. The molecule has 1 aliphatic carbocycles. The third-order valence-corrected chi connectivity index (χ3v) is 6.98. The predicted molar refractivity (Wildman–Crippen MR) is 90.5 cm³/mol. The number of hydrogen-bond acceptors (Lipinski definition) is 4. The number of nitrogens with zero attached hydrogens (tertiary/aromatic N) is 1. The van der Waals surface area contributed by atoms with Gasteiger partial charge >= 0.3 is 0 Å². The number of ether oxygens (including phenoxy) is 1. The van der Waals surface area contributed by atoms with Crippen molar-refractivity contribution in [3.8, 4) is 5.75 Å². The summed E-state index contributed by atoms with van der Waals surface area (Å²) in [5, 5.41) is 3.60. The zero-order chi connectivity index (χ0) is 16.4. The first kappa shape index (κ1) is 17.0. The highest BCUT2D eigenvalue weighted by Gasteiger charge is 2.32. The van der Waals surface area contributed by atoms with Crippen LogP contribution in [-0.2, 0) is 10.0 Å². The van der Waals surface area contributed by atoms with Gasteiger partial charge in [0.15, 0.2) is 0 Å². The van der Waals surface area contributed by atoms with Crippen LogP contribution in [0.5, 0.6) is 5.75 Å². The van der Waals surface area contributed by atoms with Crippen LogP contribution in [0.3, 0.4) is 0 Å². The van der Waals surface area contributed by atoms with Crippen molar-refractivity contribution < 1.29 is 13.2 Å². The summed E-state index contributed by atoms with van der Waals surface area (Å²) in [6.45, 7) is 2.08. The third-order valence-electron chi connectivity index (χ3n) is 4.81. The van der Waals surface area contributed by atoms with E-state index in [9.17, 15) is 8.42 Å². The van der Waals surface area contributed by atoms with Crippen molar-refractivity contribution in [3.05, 3.63) is 23.2 Å². The number of sulfonamides is 1. The second-order valence-electron chi connectivity index (χ2n) is 6.37. The largest absolute Gasteiger partial charge is 0.492 e. The first-order valence-electron chi connectivity index (χ1n) is 8.09. The lowest BCUT2D eigenvalue weighted by molar-refractivity contribution is 0.177. The smallest absolute Gasteiger partial charge is 0.246 e. The molecular weight excluding hydrogens is 336 g/mol. The van der Waals surface area contributed by atoms with Gasteiger partial charge in [0, 0.05) is 24.7 Å². The van der Waals surface area contributed by atoms with E-state index in [0.29, 0.717) is 29.8 Å². The van der Waals surface area contributed by atoms with Gasteiger partial charge in [0.2, 0.25) is 10.0 Å². The molecule has 7 heteroatoms. The van der Waals surface area contributed by atoms with Crippen LogP contribution in [-0.4, -0.2) is 45.5 Å². The third kappa shape index (κ3) is 3.65. The van der Waals surface area contributed by atoms with Gasteiger partial charge in [-0.3, -0.25) is 0 Å². The van der Waals surface area contributed by atoms with E-state index in [2.05, 4.69) is 5.32 Å². The van der Waals surface area contributed by atoms with Gasteiger partial charge in [0.05, 0.1) is 6.61 Å². The second-order valence-corrected chi connectivity index (χ2v) is 8.77. The van der Waals surface area contributed by atoms with E-state index in [0.717, 1.165) is 25.8 Å². The number of rotatable bonds is 6. The Morgan fingerprint density at radius 1 is 1.35 bits per heavy atom. The number of nitrogens with one attached hydrogen (secondary N) is 1. The van der Waals surface area contributed by atoms with Crippen LogP contribution in [0.4, 0.5) is 0 Å². The molecule has 1 saturated heterocycles. The summed E-state index contributed by atoms with van der Waals surface area (Å²) >= 11 is 6.04. The Labute approximate surface area is 143 Å². The Morgan fingerprint density at radius 2 is 2.13 bits per heavy atom. The van der Waals surface area contributed by atoms with Crippen molar-refractivity contribution in [1.29, 1.82) is 0 Å². The van der Waals surface area contributed by atoms with Crippen LogP contribution in [0.25, 0.3) is 0 Å². The Morgan fingerprint density at radius 3 is 2.74 bits per heavy atom. The molecule has 1 aromatic rings. The van der Waals surface area contributed by atoms with Crippen LogP contribution in [0.15, 0.2) is 23.1 Å². The van der Waals surface area contributed by atoms with Crippen molar-refractivity contribution in [3.63, 3.8) is 0 Å². The summed E-state index contributed by atoms with van der Waals surface area (Å²) < 4.78 is 33.2. The zero-order valence-electron chi connectivity index (χ0n) is 13.3. The Balaban J connectivity index is 1.84. The topological polar surface area (TPSA) is 58.6 Å². The molecule has 0 radical (unpaired) electrons. The monoisotopic (exact) mass is 358 g/mol. The number of likely N-dealkylation sites (N-methyl/N-ethyl adjacent to an activating group) is 1. The van der Waals surface area contributed by atoms with Crippen LogP contribution in [0, 0.1) is 5.92 Å². The van der Waals surface area contributed by atoms with Gasteiger partial charge in [-0.25, -0.2) is 8.42 Å². The van der Waals surface area contributed by atoms with Gasteiger partial charge < -0.3 is 10.1 Å². The van der Waals surface area contributed by atoms with Crippen molar-refractivity contribution >= 4 is 21.6 Å². The fourth-order valence-corrected chi connectivity index (χ4v) is 4.75. The van der Waals surface area contributed by atoms with Crippen molar-refractivity contribution in [1.82, 2.24) is 9.62 Å². The van der Waals surface area contributed by atoms with E-state index in [1.165, 1.54) is 16.8 Å². The van der Waals surface area contributed by atoms with E-state index in [4.69, 9.17) is 16.3 Å². The van der Waals surface area contributed by atoms with E-state index < -0.39 is 10.0 Å². The van der Waals surface area contributed by atoms with Gasteiger partial charge in [-0.2, -0.15) is 4.31 Å². The molecule has 5 nitrogen and oxygen atoms in total. The summed E-state index contributed by atoms with van der Waals surface area (Å²) in [6, 6.07) is 4.80. The molecule has 0 aromatic heterocycles.